The number of aromatic nitrogens is 1. The van der Waals surface area contributed by atoms with Crippen LogP contribution in [0.4, 0.5) is 0 Å². The maximum Gasteiger partial charge on any atom is 0.323 e. The van der Waals surface area contributed by atoms with E-state index in [1.165, 1.54) is 0 Å². The Kier molecular flexibility index (Phi) is 7.70. The number of carbonyl (C=O) groups is 2. The van der Waals surface area contributed by atoms with E-state index in [4.69, 9.17) is 16.3 Å². The van der Waals surface area contributed by atoms with Gasteiger partial charge >= 0.3 is 5.97 Å². The van der Waals surface area contributed by atoms with Crippen molar-refractivity contribution in [2.24, 2.45) is 5.92 Å². The predicted molar refractivity (Wildman–Crippen MR) is 106 cm³/mol. The summed E-state index contributed by atoms with van der Waals surface area (Å²) in [6, 6.07) is 13.5. The average Bonchev–Trinajstić information content (AvgIpc) is 2.66. The quantitative estimate of drug-likeness (QED) is 0.525. The van der Waals surface area contributed by atoms with Gasteiger partial charge in [0.15, 0.2) is 0 Å². The van der Waals surface area contributed by atoms with Gasteiger partial charge in [-0.25, -0.2) is 4.98 Å². The molecule has 1 heterocycles. The predicted octanol–water partition coefficient (Wildman–Crippen LogP) is 3.72. The summed E-state index contributed by atoms with van der Waals surface area (Å²) in [4.78, 5) is 29.2. The molecule has 0 saturated heterocycles. The van der Waals surface area contributed by atoms with Crippen molar-refractivity contribution in [1.29, 1.82) is 0 Å². The number of ether oxygens (including phenoxy) is 1. The molecular formula is C21H23ClN2O3. The lowest BCUT2D eigenvalue weighted by molar-refractivity contribution is -0.148. The Balaban J connectivity index is 2.02. The molecular weight excluding hydrogens is 364 g/mol. The number of hydrogen-bond donors (Lipinski definition) is 1. The number of benzene rings is 1. The number of pyridine rings is 1. The van der Waals surface area contributed by atoms with Gasteiger partial charge in [-0.2, -0.15) is 0 Å². The van der Waals surface area contributed by atoms with Crippen LogP contribution in [0, 0.1) is 5.92 Å². The maximum absolute atomic E-state index is 12.5. The van der Waals surface area contributed by atoms with E-state index in [9.17, 15) is 9.59 Å². The van der Waals surface area contributed by atoms with Crippen LogP contribution in [-0.2, 0) is 16.1 Å². The average molecular weight is 387 g/mol. The van der Waals surface area contributed by atoms with E-state index in [0.717, 1.165) is 0 Å². The zero-order chi connectivity index (χ0) is 19.8. The van der Waals surface area contributed by atoms with Gasteiger partial charge in [0.05, 0.1) is 5.69 Å². The molecule has 0 aliphatic rings. The molecule has 1 atom stereocenters. The van der Waals surface area contributed by atoms with Gasteiger partial charge < -0.3 is 4.74 Å². The first-order valence-electron chi connectivity index (χ1n) is 8.67. The third-order valence-electron chi connectivity index (χ3n) is 3.87. The molecule has 1 unspecified atom stereocenters. The molecule has 0 bridgehead atoms. The Bertz CT molecular complexity index is 806. The molecule has 0 saturated carbocycles. The van der Waals surface area contributed by atoms with Crippen LogP contribution in [0.25, 0.3) is 0 Å². The van der Waals surface area contributed by atoms with Crippen molar-refractivity contribution in [3.05, 3.63) is 77.1 Å². The second kappa shape index (κ2) is 10.00. The molecule has 1 aromatic heterocycles. The van der Waals surface area contributed by atoms with Crippen LogP contribution >= 0.6 is 11.6 Å². The number of halogens is 1. The van der Waals surface area contributed by atoms with E-state index in [-0.39, 0.29) is 18.3 Å². The first-order chi connectivity index (χ1) is 12.9. The SMILES string of the molecule is C=C(Cl)CNC(C(=O)OCc1cccc(C(=O)c2ccccc2)n1)C(C)C. The summed E-state index contributed by atoms with van der Waals surface area (Å²) in [5, 5.41) is 3.44. The number of rotatable bonds is 9. The summed E-state index contributed by atoms with van der Waals surface area (Å²) >= 11 is 5.75. The minimum atomic E-state index is -0.505. The van der Waals surface area contributed by atoms with Crippen molar-refractivity contribution in [1.82, 2.24) is 10.3 Å². The lowest BCUT2D eigenvalue weighted by Crippen LogP contribution is -2.42. The summed E-state index contributed by atoms with van der Waals surface area (Å²) < 4.78 is 5.38. The van der Waals surface area contributed by atoms with Crippen LogP contribution in [0.5, 0.6) is 0 Å². The third-order valence-corrected chi connectivity index (χ3v) is 4.01. The minimum absolute atomic E-state index is 0.0124. The molecule has 27 heavy (non-hydrogen) atoms. The molecule has 142 valence electrons. The van der Waals surface area contributed by atoms with Crippen molar-refractivity contribution < 1.29 is 14.3 Å². The van der Waals surface area contributed by atoms with Crippen molar-refractivity contribution in [3.8, 4) is 0 Å². The third kappa shape index (κ3) is 6.31. The Morgan fingerprint density at radius 1 is 1.15 bits per heavy atom. The van der Waals surface area contributed by atoms with Crippen LogP contribution in [0.15, 0.2) is 60.1 Å². The fraction of sp³-hybridized carbons (Fsp3) is 0.286. The van der Waals surface area contributed by atoms with E-state index in [2.05, 4.69) is 16.9 Å². The molecule has 2 aromatic rings. The Morgan fingerprint density at radius 2 is 1.85 bits per heavy atom. The fourth-order valence-corrected chi connectivity index (χ4v) is 2.55. The number of hydrogen-bond acceptors (Lipinski definition) is 5. The van der Waals surface area contributed by atoms with E-state index in [0.29, 0.717) is 28.5 Å². The van der Waals surface area contributed by atoms with Crippen LogP contribution < -0.4 is 5.32 Å². The molecule has 0 spiro atoms. The summed E-state index contributed by atoms with van der Waals surface area (Å²) in [6.45, 7) is 7.73. The lowest BCUT2D eigenvalue weighted by Gasteiger charge is -2.20. The van der Waals surface area contributed by atoms with Crippen LogP contribution in [0.1, 0.15) is 35.6 Å². The molecule has 0 amide bonds. The van der Waals surface area contributed by atoms with Crippen molar-refractivity contribution in [2.75, 3.05) is 6.54 Å². The van der Waals surface area contributed by atoms with Gasteiger partial charge in [0, 0.05) is 17.1 Å². The van der Waals surface area contributed by atoms with E-state index >= 15 is 0 Å². The zero-order valence-corrected chi connectivity index (χ0v) is 16.2. The van der Waals surface area contributed by atoms with Crippen molar-refractivity contribution >= 4 is 23.4 Å². The molecule has 1 N–H and O–H groups in total. The minimum Gasteiger partial charge on any atom is -0.458 e. The second-order valence-electron chi connectivity index (χ2n) is 6.44. The standard InChI is InChI=1S/C21H23ClN2O3/c1-14(2)19(23-12-15(3)22)21(26)27-13-17-10-7-11-18(24-17)20(25)16-8-5-4-6-9-16/h4-11,14,19,23H,3,12-13H2,1-2H3. The zero-order valence-electron chi connectivity index (χ0n) is 15.4. The lowest BCUT2D eigenvalue weighted by atomic mass is 10.0. The molecule has 0 radical (unpaired) electrons. The largest absolute Gasteiger partial charge is 0.458 e. The fourth-order valence-electron chi connectivity index (χ4n) is 2.47. The normalized spacial score (nSPS) is 11.9. The van der Waals surface area contributed by atoms with E-state index < -0.39 is 12.0 Å². The molecule has 0 aliphatic heterocycles. The first kappa shape index (κ1) is 20.8. The Hall–Kier alpha value is -2.50. The monoisotopic (exact) mass is 386 g/mol. The molecule has 0 fully saturated rings. The number of nitrogens with zero attached hydrogens (tertiary/aromatic N) is 1. The van der Waals surface area contributed by atoms with Gasteiger partial charge in [-0.15, -0.1) is 0 Å². The molecule has 6 heteroatoms. The first-order valence-corrected chi connectivity index (χ1v) is 9.05. The summed E-state index contributed by atoms with van der Waals surface area (Å²) in [7, 11) is 0. The van der Waals surface area contributed by atoms with Crippen LogP contribution in [0.3, 0.4) is 0 Å². The van der Waals surface area contributed by atoms with Crippen LogP contribution in [-0.4, -0.2) is 29.3 Å². The van der Waals surface area contributed by atoms with Gasteiger partial charge in [0.2, 0.25) is 5.78 Å². The highest BCUT2D eigenvalue weighted by molar-refractivity contribution is 6.29. The van der Waals surface area contributed by atoms with Gasteiger partial charge in [0.25, 0.3) is 0 Å². The smallest absolute Gasteiger partial charge is 0.323 e. The maximum atomic E-state index is 12.5. The Labute approximate surface area is 164 Å². The number of nitrogens with one attached hydrogen (secondary N) is 1. The second-order valence-corrected chi connectivity index (χ2v) is 6.97. The number of ketones is 1. The number of carbonyl (C=O) groups excluding carboxylic acids is 2. The Morgan fingerprint density at radius 3 is 2.48 bits per heavy atom. The van der Waals surface area contributed by atoms with Gasteiger partial charge in [-0.1, -0.05) is 68.4 Å². The van der Waals surface area contributed by atoms with Gasteiger partial charge in [-0.3, -0.25) is 14.9 Å². The molecule has 1 aromatic carbocycles. The van der Waals surface area contributed by atoms with Crippen molar-refractivity contribution in [2.45, 2.75) is 26.5 Å². The van der Waals surface area contributed by atoms with Crippen molar-refractivity contribution in [3.63, 3.8) is 0 Å². The highest BCUT2D eigenvalue weighted by Crippen LogP contribution is 2.11. The van der Waals surface area contributed by atoms with Crippen LogP contribution in [0.2, 0.25) is 0 Å². The number of esters is 1. The molecule has 2 rings (SSSR count). The topological polar surface area (TPSA) is 68.3 Å². The highest BCUT2D eigenvalue weighted by atomic mass is 35.5. The van der Waals surface area contributed by atoms with E-state index in [1.807, 2.05) is 19.9 Å². The van der Waals surface area contributed by atoms with E-state index in [1.54, 1.807) is 42.5 Å². The van der Waals surface area contributed by atoms with Gasteiger partial charge in [-0.05, 0) is 18.1 Å². The van der Waals surface area contributed by atoms with Gasteiger partial charge in [0.1, 0.15) is 18.3 Å². The highest BCUT2D eigenvalue weighted by Gasteiger charge is 2.23. The summed E-state index contributed by atoms with van der Waals surface area (Å²) in [5.41, 5.74) is 1.38. The summed E-state index contributed by atoms with van der Waals surface area (Å²) in [5.74, 6) is -0.553. The molecule has 0 aliphatic carbocycles. The molecule has 5 nitrogen and oxygen atoms in total. The summed E-state index contributed by atoms with van der Waals surface area (Å²) in [6.07, 6.45) is 0.